The Hall–Kier alpha value is 0.884. The zero-order valence-electron chi connectivity index (χ0n) is 7.25. The van der Waals surface area contributed by atoms with Gasteiger partial charge in [0, 0.05) is 0 Å². The van der Waals surface area contributed by atoms with Gasteiger partial charge in [-0.25, -0.2) is 0 Å². The molecule has 0 aromatic heterocycles. The van der Waals surface area contributed by atoms with Gasteiger partial charge in [0.05, 0.1) is 0 Å². The van der Waals surface area contributed by atoms with Crippen molar-refractivity contribution in [1.82, 2.24) is 0 Å². The SMILES string of the molecule is CC[O][Ti]([O]CC)[O]CC.Cl. The van der Waals surface area contributed by atoms with E-state index < -0.39 is 19.0 Å². The molecule has 0 saturated carbocycles. The Morgan fingerprint density at radius 3 is 1.27 bits per heavy atom. The number of halogens is 1. The topological polar surface area (TPSA) is 27.7 Å². The fourth-order valence-electron chi connectivity index (χ4n) is 0.479. The van der Waals surface area contributed by atoms with Crippen LogP contribution in [0.2, 0.25) is 0 Å². The van der Waals surface area contributed by atoms with Crippen molar-refractivity contribution in [2.24, 2.45) is 0 Å². The zero-order valence-corrected chi connectivity index (χ0v) is 9.63. The van der Waals surface area contributed by atoms with Crippen molar-refractivity contribution in [2.75, 3.05) is 19.8 Å². The summed E-state index contributed by atoms with van der Waals surface area (Å²) < 4.78 is 15.7. The second-order valence-electron chi connectivity index (χ2n) is 1.55. The van der Waals surface area contributed by atoms with E-state index in [2.05, 4.69) is 0 Å². The molecule has 0 aromatic carbocycles. The summed E-state index contributed by atoms with van der Waals surface area (Å²) in [6.45, 7) is 7.92. The van der Waals surface area contributed by atoms with Gasteiger partial charge in [-0.1, -0.05) is 0 Å². The first kappa shape index (κ1) is 14.4. The molecule has 0 N–H and O–H groups in total. The summed E-state index contributed by atoms with van der Waals surface area (Å²) in [5.41, 5.74) is 0. The maximum atomic E-state index is 5.24. The van der Waals surface area contributed by atoms with Gasteiger partial charge in [0.25, 0.3) is 0 Å². The maximum Gasteiger partial charge on any atom is -0.147 e. The van der Waals surface area contributed by atoms with E-state index in [1.807, 2.05) is 20.8 Å². The van der Waals surface area contributed by atoms with E-state index in [4.69, 9.17) is 9.96 Å². The van der Waals surface area contributed by atoms with Gasteiger partial charge in [0.1, 0.15) is 0 Å². The van der Waals surface area contributed by atoms with Gasteiger partial charge in [-0.15, -0.1) is 12.4 Å². The van der Waals surface area contributed by atoms with Crippen LogP contribution in [0.1, 0.15) is 20.8 Å². The van der Waals surface area contributed by atoms with Gasteiger partial charge in [0.15, 0.2) is 0 Å². The third-order valence-electron chi connectivity index (χ3n) is 0.787. The standard InChI is InChI=1S/3C2H5O.ClH.Ti/c3*1-2-3;;/h3*2H2,1H3;1H;/q3*-1;;+3. The molecule has 0 atom stereocenters. The van der Waals surface area contributed by atoms with E-state index in [0.29, 0.717) is 19.8 Å². The van der Waals surface area contributed by atoms with Crippen molar-refractivity contribution >= 4 is 12.4 Å². The number of hydrogen-bond acceptors (Lipinski definition) is 3. The molecule has 0 amide bonds. The molecule has 0 aliphatic heterocycles. The molecule has 0 unspecified atom stereocenters. The number of rotatable bonds is 6. The van der Waals surface area contributed by atoms with Crippen LogP contribution in [0, 0.1) is 0 Å². The van der Waals surface area contributed by atoms with Crippen LogP contribution in [0.3, 0.4) is 0 Å². The summed E-state index contributed by atoms with van der Waals surface area (Å²) in [5.74, 6) is 0. The molecule has 0 rings (SSSR count). The first-order valence-electron chi connectivity index (χ1n) is 3.60. The Bertz CT molecular complexity index is 60.6. The minimum atomic E-state index is -1.99. The van der Waals surface area contributed by atoms with E-state index in [1.165, 1.54) is 0 Å². The number of hydrogen-bond donors (Lipinski definition) is 0. The molecule has 5 heteroatoms. The molecular weight excluding hydrogens is 203 g/mol. The van der Waals surface area contributed by atoms with E-state index in [9.17, 15) is 0 Å². The summed E-state index contributed by atoms with van der Waals surface area (Å²) >= 11 is -1.99. The van der Waals surface area contributed by atoms with Crippen LogP contribution in [0.4, 0.5) is 0 Å². The molecule has 0 spiro atoms. The summed E-state index contributed by atoms with van der Waals surface area (Å²) in [6.07, 6.45) is 0. The molecule has 69 valence electrons. The molecule has 0 aromatic rings. The molecule has 0 fully saturated rings. The molecule has 0 aliphatic rings. The van der Waals surface area contributed by atoms with Crippen LogP contribution < -0.4 is 0 Å². The van der Waals surface area contributed by atoms with Crippen molar-refractivity contribution in [3.8, 4) is 0 Å². The third kappa shape index (κ3) is 8.79. The minimum absolute atomic E-state index is 0. The predicted octanol–water partition coefficient (Wildman–Crippen LogP) is 1.88. The largest absolute Gasteiger partial charge is 0.147 e. The van der Waals surface area contributed by atoms with Crippen LogP contribution >= 0.6 is 12.4 Å². The second-order valence-corrected chi connectivity index (χ2v) is 3.68. The zero-order chi connectivity index (χ0) is 7.82. The van der Waals surface area contributed by atoms with Crippen molar-refractivity contribution in [3.63, 3.8) is 0 Å². The van der Waals surface area contributed by atoms with E-state index in [1.54, 1.807) is 0 Å². The van der Waals surface area contributed by atoms with Crippen LogP contribution in [0.5, 0.6) is 0 Å². The van der Waals surface area contributed by atoms with E-state index in [-0.39, 0.29) is 12.4 Å². The maximum absolute atomic E-state index is 5.24. The normalized spacial score (nSPS) is 9.00. The molecule has 11 heavy (non-hydrogen) atoms. The Kier molecular flexibility index (Phi) is 14.3. The van der Waals surface area contributed by atoms with Crippen molar-refractivity contribution in [3.05, 3.63) is 0 Å². The minimum Gasteiger partial charge on any atom is -0.147 e. The first-order chi connectivity index (χ1) is 4.85. The monoisotopic (exact) mass is 219 g/mol. The fourth-order valence-corrected chi connectivity index (χ4v) is 1.97. The van der Waals surface area contributed by atoms with Gasteiger partial charge in [-0.3, -0.25) is 0 Å². The Morgan fingerprint density at radius 2 is 1.09 bits per heavy atom. The van der Waals surface area contributed by atoms with Crippen LogP contribution in [0.15, 0.2) is 0 Å². The average Bonchev–Trinajstić information content (AvgIpc) is 1.90. The van der Waals surface area contributed by atoms with E-state index in [0.717, 1.165) is 0 Å². The summed E-state index contributed by atoms with van der Waals surface area (Å²) in [6, 6.07) is 0. The van der Waals surface area contributed by atoms with Crippen molar-refractivity contribution in [1.29, 1.82) is 0 Å². The predicted molar refractivity (Wildman–Crippen MR) is 42.1 cm³/mol. The third-order valence-corrected chi connectivity index (χ3v) is 3.24. The Balaban J connectivity index is 0. The molecule has 3 nitrogen and oxygen atoms in total. The Morgan fingerprint density at radius 1 is 0.818 bits per heavy atom. The Labute approximate surface area is 82.1 Å². The molecule has 0 bridgehead atoms. The van der Waals surface area contributed by atoms with Gasteiger partial charge < -0.3 is 0 Å². The average molecular weight is 220 g/mol. The fraction of sp³-hybridized carbons (Fsp3) is 1.00. The second kappa shape index (κ2) is 10.9. The molecule has 0 aliphatic carbocycles. The van der Waals surface area contributed by atoms with Gasteiger partial charge in [-0.2, -0.15) is 0 Å². The van der Waals surface area contributed by atoms with Gasteiger partial charge >= 0.3 is 69.6 Å². The summed E-state index contributed by atoms with van der Waals surface area (Å²) in [5, 5.41) is 0. The van der Waals surface area contributed by atoms with Gasteiger partial charge in [0.2, 0.25) is 0 Å². The van der Waals surface area contributed by atoms with Crippen LogP contribution in [0.25, 0.3) is 0 Å². The smallest absolute Gasteiger partial charge is 0.147 e. The quantitative estimate of drug-likeness (QED) is 0.639. The molecular formula is C6H16ClO3Ti. The molecule has 0 heterocycles. The van der Waals surface area contributed by atoms with E-state index >= 15 is 0 Å². The van der Waals surface area contributed by atoms with Crippen molar-refractivity contribution < 1.29 is 29.0 Å². The first-order valence-corrected chi connectivity index (χ1v) is 5.51. The van der Waals surface area contributed by atoms with Crippen LogP contribution in [-0.2, 0) is 29.0 Å². The van der Waals surface area contributed by atoms with Crippen molar-refractivity contribution in [2.45, 2.75) is 20.8 Å². The van der Waals surface area contributed by atoms with Crippen LogP contribution in [-0.4, -0.2) is 19.8 Å². The summed E-state index contributed by atoms with van der Waals surface area (Å²) in [4.78, 5) is 0. The van der Waals surface area contributed by atoms with Gasteiger partial charge in [-0.05, 0) is 0 Å². The summed E-state index contributed by atoms with van der Waals surface area (Å²) in [7, 11) is 0. The molecule has 0 saturated heterocycles. The molecule has 0 radical (unpaired) electrons.